The summed E-state index contributed by atoms with van der Waals surface area (Å²) in [6.07, 6.45) is 21.2. The SMILES string of the molecule is CCCCCCCCCCCCCCCCc1c(O)cc(Sc2nnc(SC)s2)c(O)c1Sc1ccccc1. The number of nitrogens with zero attached hydrogens (tertiary/aromatic N) is 2. The van der Waals surface area contributed by atoms with Crippen LogP contribution in [0.3, 0.4) is 0 Å². The molecule has 1 heterocycles. The van der Waals surface area contributed by atoms with Gasteiger partial charge in [0.15, 0.2) is 8.68 Å². The van der Waals surface area contributed by atoms with Crippen molar-refractivity contribution in [2.45, 2.75) is 127 Å². The second-order valence-corrected chi connectivity index (χ2v) is 14.4. The van der Waals surface area contributed by atoms with E-state index in [0.717, 1.165) is 43.3 Å². The molecule has 0 radical (unpaired) electrons. The lowest BCUT2D eigenvalue weighted by atomic mass is 10.0. The molecule has 0 spiro atoms. The van der Waals surface area contributed by atoms with Crippen molar-refractivity contribution >= 4 is 46.6 Å². The van der Waals surface area contributed by atoms with Crippen LogP contribution < -0.4 is 0 Å². The Kier molecular flexibility index (Phi) is 15.6. The van der Waals surface area contributed by atoms with Crippen molar-refractivity contribution in [2.75, 3.05) is 6.26 Å². The quantitative estimate of drug-likeness (QED) is 0.0755. The van der Waals surface area contributed by atoms with E-state index >= 15 is 0 Å². The standard InChI is InChI=1S/C31H44N2O2S4/c1-3-4-5-6-7-8-9-10-11-12-13-14-15-19-22-25-26(34)23-27(38-31-33-32-30(36-2)39-31)28(35)29(25)37-24-20-17-16-18-21-24/h16-18,20-21,23,34-35H,3-15,19,22H2,1-2H3. The number of aromatic nitrogens is 2. The molecule has 0 amide bonds. The number of thioether (sulfide) groups is 1. The summed E-state index contributed by atoms with van der Waals surface area (Å²) >= 11 is 5.92. The normalized spacial score (nSPS) is 11.3. The largest absolute Gasteiger partial charge is 0.508 e. The second-order valence-electron chi connectivity index (χ2n) is 9.95. The summed E-state index contributed by atoms with van der Waals surface area (Å²) in [6, 6.07) is 11.7. The minimum Gasteiger partial charge on any atom is -0.508 e. The molecular formula is C31H44N2O2S4. The summed E-state index contributed by atoms with van der Waals surface area (Å²) in [5, 5.41) is 30.7. The number of hydrogen-bond donors (Lipinski definition) is 2. The molecule has 3 rings (SSSR count). The van der Waals surface area contributed by atoms with Crippen molar-refractivity contribution in [3.05, 3.63) is 42.0 Å². The van der Waals surface area contributed by atoms with Crippen molar-refractivity contribution in [3.8, 4) is 11.5 Å². The Morgan fingerprint density at radius 1 is 0.718 bits per heavy atom. The first-order chi connectivity index (χ1) is 19.1. The Hall–Kier alpha value is -1.35. The van der Waals surface area contributed by atoms with E-state index in [2.05, 4.69) is 17.1 Å². The molecule has 2 aromatic carbocycles. The first kappa shape index (κ1) is 32.2. The molecule has 0 aliphatic rings. The van der Waals surface area contributed by atoms with Crippen LogP contribution in [0.5, 0.6) is 11.5 Å². The third-order valence-electron chi connectivity index (χ3n) is 6.80. The van der Waals surface area contributed by atoms with Gasteiger partial charge in [0, 0.05) is 10.5 Å². The van der Waals surface area contributed by atoms with E-state index in [1.807, 2.05) is 36.6 Å². The van der Waals surface area contributed by atoms with Gasteiger partial charge in [0.1, 0.15) is 11.5 Å². The third-order valence-corrected chi connectivity index (χ3v) is 10.9. The van der Waals surface area contributed by atoms with Crippen LogP contribution in [-0.4, -0.2) is 26.7 Å². The van der Waals surface area contributed by atoms with Gasteiger partial charge < -0.3 is 10.2 Å². The van der Waals surface area contributed by atoms with Gasteiger partial charge >= 0.3 is 0 Å². The highest BCUT2D eigenvalue weighted by molar-refractivity contribution is 8.03. The fourth-order valence-corrected chi connectivity index (χ4v) is 8.20. The molecule has 2 N–H and O–H groups in total. The Bertz CT molecular complexity index is 1090. The molecule has 0 aliphatic heterocycles. The average Bonchev–Trinajstić information content (AvgIpc) is 3.41. The minimum atomic E-state index is 0.216. The number of hydrogen-bond acceptors (Lipinski definition) is 8. The minimum absolute atomic E-state index is 0.216. The van der Waals surface area contributed by atoms with Crippen LogP contribution in [-0.2, 0) is 6.42 Å². The summed E-state index contributed by atoms with van der Waals surface area (Å²) in [5.41, 5.74) is 0.840. The molecule has 4 nitrogen and oxygen atoms in total. The summed E-state index contributed by atoms with van der Waals surface area (Å²) in [5.74, 6) is 0.464. The van der Waals surface area contributed by atoms with Crippen LogP contribution in [0.25, 0.3) is 0 Å². The fraction of sp³-hybridized carbons (Fsp3) is 0.548. The van der Waals surface area contributed by atoms with Gasteiger partial charge in [0.05, 0.1) is 9.79 Å². The second kappa shape index (κ2) is 18.9. The van der Waals surface area contributed by atoms with Crippen LogP contribution in [0, 0.1) is 0 Å². The lowest BCUT2D eigenvalue weighted by Gasteiger charge is -2.16. The van der Waals surface area contributed by atoms with Crippen molar-refractivity contribution in [1.82, 2.24) is 10.2 Å². The van der Waals surface area contributed by atoms with E-state index < -0.39 is 0 Å². The van der Waals surface area contributed by atoms with E-state index in [1.54, 1.807) is 17.8 Å². The Balaban J connectivity index is 1.49. The molecule has 214 valence electrons. The van der Waals surface area contributed by atoms with Gasteiger partial charge in [-0.2, -0.15) is 0 Å². The molecule has 3 aromatic rings. The van der Waals surface area contributed by atoms with Crippen LogP contribution in [0.1, 0.15) is 102 Å². The fourth-order valence-electron chi connectivity index (χ4n) is 4.60. The third kappa shape index (κ3) is 11.6. The maximum absolute atomic E-state index is 11.3. The van der Waals surface area contributed by atoms with E-state index in [4.69, 9.17) is 0 Å². The lowest BCUT2D eigenvalue weighted by molar-refractivity contribution is 0.428. The number of phenolic OH excluding ortho intramolecular Hbond substituents is 2. The number of benzene rings is 2. The van der Waals surface area contributed by atoms with Gasteiger partial charge in [-0.3, -0.25) is 0 Å². The number of phenols is 2. The van der Waals surface area contributed by atoms with Gasteiger partial charge in [0.25, 0.3) is 0 Å². The molecule has 0 saturated carbocycles. The number of unbranched alkanes of at least 4 members (excludes halogenated alkanes) is 13. The zero-order valence-electron chi connectivity index (χ0n) is 23.5. The maximum atomic E-state index is 11.3. The van der Waals surface area contributed by atoms with Crippen LogP contribution in [0.4, 0.5) is 0 Å². The molecule has 39 heavy (non-hydrogen) atoms. The first-order valence-electron chi connectivity index (χ1n) is 14.5. The van der Waals surface area contributed by atoms with E-state index in [1.165, 1.54) is 112 Å². The monoisotopic (exact) mass is 604 g/mol. The Morgan fingerprint density at radius 3 is 1.85 bits per heavy atom. The van der Waals surface area contributed by atoms with Gasteiger partial charge in [-0.15, -0.1) is 10.2 Å². The zero-order valence-corrected chi connectivity index (χ0v) is 26.8. The Morgan fingerprint density at radius 2 is 1.28 bits per heavy atom. The predicted molar refractivity (Wildman–Crippen MR) is 170 cm³/mol. The van der Waals surface area contributed by atoms with Crippen molar-refractivity contribution in [1.29, 1.82) is 0 Å². The first-order valence-corrected chi connectivity index (χ1v) is 18.2. The molecule has 8 heteroatoms. The van der Waals surface area contributed by atoms with Gasteiger partial charge in [-0.25, -0.2) is 0 Å². The summed E-state index contributed by atoms with van der Waals surface area (Å²) in [6.45, 7) is 2.28. The predicted octanol–water partition coefficient (Wildman–Crippen LogP) is 11.0. The molecule has 1 aromatic heterocycles. The van der Waals surface area contributed by atoms with E-state index in [9.17, 15) is 10.2 Å². The van der Waals surface area contributed by atoms with Gasteiger partial charge in [0.2, 0.25) is 0 Å². The number of rotatable bonds is 20. The topological polar surface area (TPSA) is 66.2 Å². The zero-order chi connectivity index (χ0) is 27.7. The molecule has 0 bridgehead atoms. The van der Waals surface area contributed by atoms with E-state index in [0.29, 0.717) is 4.90 Å². The van der Waals surface area contributed by atoms with Gasteiger partial charge in [-0.1, -0.05) is 155 Å². The summed E-state index contributed by atoms with van der Waals surface area (Å²) < 4.78 is 1.64. The molecule has 0 aliphatic carbocycles. The average molecular weight is 605 g/mol. The summed E-state index contributed by atoms with van der Waals surface area (Å²) in [4.78, 5) is 2.39. The lowest BCUT2D eigenvalue weighted by Crippen LogP contribution is -1.94. The van der Waals surface area contributed by atoms with Crippen molar-refractivity contribution in [3.63, 3.8) is 0 Å². The van der Waals surface area contributed by atoms with Crippen LogP contribution >= 0.6 is 46.6 Å². The highest BCUT2D eigenvalue weighted by Gasteiger charge is 2.20. The molecule has 0 atom stereocenters. The molecule has 0 saturated heterocycles. The maximum Gasteiger partial charge on any atom is 0.180 e. The number of aromatic hydroxyl groups is 2. The van der Waals surface area contributed by atoms with Crippen molar-refractivity contribution < 1.29 is 10.2 Å². The highest BCUT2D eigenvalue weighted by atomic mass is 32.2. The van der Waals surface area contributed by atoms with Crippen LogP contribution in [0.2, 0.25) is 0 Å². The van der Waals surface area contributed by atoms with Crippen LogP contribution in [0.15, 0.2) is 59.8 Å². The summed E-state index contributed by atoms with van der Waals surface area (Å²) in [7, 11) is 0. The Labute approximate surface area is 252 Å². The van der Waals surface area contributed by atoms with Gasteiger partial charge in [-0.05, 0) is 37.3 Å². The smallest absolute Gasteiger partial charge is 0.180 e. The molecular weight excluding hydrogens is 561 g/mol. The molecule has 0 unspecified atom stereocenters. The highest BCUT2D eigenvalue weighted by Crippen LogP contribution is 2.48. The van der Waals surface area contributed by atoms with Crippen molar-refractivity contribution in [2.24, 2.45) is 0 Å². The molecule has 0 fully saturated rings. The van der Waals surface area contributed by atoms with E-state index in [-0.39, 0.29) is 11.5 Å².